The highest BCUT2D eigenvalue weighted by Crippen LogP contribution is 2.29. The Kier molecular flexibility index (Phi) is 4.95. The molecular formula is C20H23NO3S. The maximum atomic E-state index is 13.1. The van der Waals surface area contributed by atoms with E-state index in [4.69, 9.17) is 0 Å². The van der Waals surface area contributed by atoms with Crippen LogP contribution in [0, 0.1) is 13.8 Å². The van der Waals surface area contributed by atoms with Crippen molar-refractivity contribution in [3.05, 3.63) is 65.2 Å². The first kappa shape index (κ1) is 17.7. The maximum absolute atomic E-state index is 13.1. The number of benzene rings is 2. The van der Waals surface area contributed by atoms with Crippen molar-refractivity contribution in [3.8, 4) is 0 Å². The lowest BCUT2D eigenvalue weighted by atomic mass is 10.0. The number of hydrogen-bond acceptors (Lipinski definition) is 3. The molecule has 2 aromatic rings. The molecule has 2 aromatic carbocycles. The Morgan fingerprint density at radius 3 is 2.48 bits per heavy atom. The lowest BCUT2D eigenvalue weighted by molar-refractivity contribution is -0.118. The second kappa shape index (κ2) is 7.00. The van der Waals surface area contributed by atoms with Gasteiger partial charge in [-0.3, -0.25) is 4.79 Å². The molecule has 0 spiro atoms. The summed E-state index contributed by atoms with van der Waals surface area (Å²) in [4.78, 5) is 14.8. The minimum atomic E-state index is -3.07. The number of hydrogen-bond donors (Lipinski definition) is 0. The van der Waals surface area contributed by atoms with Crippen molar-refractivity contribution in [1.29, 1.82) is 0 Å². The van der Waals surface area contributed by atoms with Gasteiger partial charge >= 0.3 is 0 Å². The average molecular weight is 357 g/mol. The molecule has 0 N–H and O–H groups in total. The molecule has 1 heterocycles. The average Bonchev–Trinajstić information content (AvgIpc) is 2.91. The second-order valence-corrected chi connectivity index (χ2v) is 9.00. The maximum Gasteiger partial charge on any atom is 0.231 e. The molecule has 1 atom stereocenters. The van der Waals surface area contributed by atoms with Crippen molar-refractivity contribution in [1.82, 2.24) is 0 Å². The number of rotatable bonds is 4. The highest BCUT2D eigenvalue weighted by Gasteiger charge is 2.36. The van der Waals surface area contributed by atoms with Crippen LogP contribution in [-0.4, -0.2) is 31.9 Å². The molecule has 3 rings (SSSR count). The number of anilines is 1. The molecule has 1 unspecified atom stereocenters. The topological polar surface area (TPSA) is 54.5 Å². The summed E-state index contributed by atoms with van der Waals surface area (Å²) in [5.74, 6) is 0.139. The number of nitrogens with zero attached hydrogens (tertiary/aromatic N) is 1. The second-order valence-electron chi connectivity index (χ2n) is 6.77. The van der Waals surface area contributed by atoms with Crippen LogP contribution in [0.25, 0.3) is 0 Å². The summed E-state index contributed by atoms with van der Waals surface area (Å²) in [5.41, 5.74) is 3.79. The quantitative estimate of drug-likeness (QED) is 0.845. The van der Waals surface area contributed by atoms with Gasteiger partial charge in [0, 0.05) is 5.69 Å². The Bertz CT molecular complexity index is 875. The molecule has 132 valence electrons. The van der Waals surface area contributed by atoms with Gasteiger partial charge < -0.3 is 4.90 Å². The van der Waals surface area contributed by atoms with Crippen molar-refractivity contribution in [2.75, 3.05) is 16.4 Å². The fourth-order valence-electron chi connectivity index (χ4n) is 3.35. The third-order valence-corrected chi connectivity index (χ3v) is 6.41. The minimum absolute atomic E-state index is 0.0426. The number of carbonyl (C=O) groups excluding carboxylic acids is 1. The largest absolute Gasteiger partial charge is 0.308 e. The number of carbonyl (C=O) groups is 1. The zero-order valence-electron chi connectivity index (χ0n) is 14.6. The van der Waals surface area contributed by atoms with Crippen LogP contribution in [-0.2, 0) is 21.1 Å². The van der Waals surface area contributed by atoms with E-state index in [1.807, 2.05) is 62.4 Å². The van der Waals surface area contributed by atoms with Crippen molar-refractivity contribution < 1.29 is 13.2 Å². The third-order valence-electron chi connectivity index (χ3n) is 4.66. The van der Waals surface area contributed by atoms with E-state index in [-0.39, 0.29) is 29.9 Å². The Labute approximate surface area is 149 Å². The van der Waals surface area contributed by atoms with Crippen LogP contribution in [0.15, 0.2) is 48.5 Å². The van der Waals surface area contributed by atoms with Gasteiger partial charge in [0.15, 0.2) is 9.84 Å². The molecule has 1 saturated heterocycles. The highest BCUT2D eigenvalue weighted by atomic mass is 32.2. The molecule has 4 nitrogen and oxygen atoms in total. The lowest BCUT2D eigenvalue weighted by Gasteiger charge is -2.30. The van der Waals surface area contributed by atoms with Gasteiger partial charge in [0.1, 0.15) is 0 Å². The van der Waals surface area contributed by atoms with Crippen molar-refractivity contribution in [2.45, 2.75) is 32.7 Å². The highest BCUT2D eigenvalue weighted by molar-refractivity contribution is 7.91. The van der Waals surface area contributed by atoms with Gasteiger partial charge in [-0.2, -0.15) is 0 Å². The summed E-state index contributed by atoms with van der Waals surface area (Å²) >= 11 is 0. The summed E-state index contributed by atoms with van der Waals surface area (Å²) < 4.78 is 23.9. The van der Waals surface area contributed by atoms with Crippen LogP contribution in [0.1, 0.15) is 23.1 Å². The molecule has 1 amide bonds. The van der Waals surface area contributed by atoms with E-state index in [2.05, 4.69) is 0 Å². The molecule has 0 aromatic heterocycles. The molecular weight excluding hydrogens is 334 g/mol. The number of amides is 1. The van der Waals surface area contributed by atoms with E-state index in [1.54, 1.807) is 4.90 Å². The zero-order valence-corrected chi connectivity index (χ0v) is 15.4. The summed E-state index contributed by atoms with van der Waals surface area (Å²) in [7, 11) is -3.07. The van der Waals surface area contributed by atoms with Gasteiger partial charge in [-0.15, -0.1) is 0 Å². The van der Waals surface area contributed by atoms with Crippen LogP contribution in [0.3, 0.4) is 0 Å². The Morgan fingerprint density at radius 2 is 1.84 bits per heavy atom. The fourth-order valence-corrected chi connectivity index (χ4v) is 5.05. The van der Waals surface area contributed by atoms with E-state index in [1.165, 1.54) is 0 Å². The van der Waals surface area contributed by atoms with E-state index in [0.717, 1.165) is 22.4 Å². The third kappa shape index (κ3) is 4.10. The normalized spacial score (nSPS) is 18.9. The van der Waals surface area contributed by atoms with Gasteiger partial charge in [0.05, 0.1) is 24.0 Å². The van der Waals surface area contributed by atoms with Crippen LogP contribution >= 0.6 is 0 Å². The zero-order chi connectivity index (χ0) is 18.0. The van der Waals surface area contributed by atoms with E-state index in [0.29, 0.717) is 6.42 Å². The van der Waals surface area contributed by atoms with Gasteiger partial charge in [-0.1, -0.05) is 42.5 Å². The van der Waals surface area contributed by atoms with Crippen molar-refractivity contribution in [3.63, 3.8) is 0 Å². The first-order valence-corrected chi connectivity index (χ1v) is 10.3. The first-order chi connectivity index (χ1) is 11.9. The Balaban J connectivity index is 1.97. The van der Waals surface area contributed by atoms with Gasteiger partial charge in [-0.25, -0.2) is 8.42 Å². The predicted molar refractivity (Wildman–Crippen MR) is 101 cm³/mol. The SMILES string of the molecule is Cc1ccc(C)c(N(C(=O)Cc2ccccc2)C2CCS(=O)(=O)C2)c1. The summed E-state index contributed by atoms with van der Waals surface area (Å²) in [6.07, 6.45) is 0.765. The van der Waals surface area contributed by atoms with Crippen LogP contribution in [0.2, 0.25) is 0 Å². The molecule has 0 radical (unpaired) electrons. The van der Waals surface area contributed by atoms with Crippen LogP contribution in [0.4, 0.5) is 5.69 Å². The summed E-state index contributed by atoms with van der Waals surface area (Å²) in [5, 5.41) is 0. The summed E-state index contributed by atoms with van der Waals surface area (Å²) in [6, 6.07) is 15.2. The molecule has 5 heteroatoms. The predicted octanol–water partition coefficient (Wildman–Crippen LogP) is 3.07. The van der Waals surface area contributed by atoms with E-state index in [9.17, 15) is 13.2 Å². The lowest BCUT2D eigenvalue weighted by Crippen LogP contribution is -2.42. The molecule has 1 aliphatic heterocycles. The van der Waals surface area contributed by atoms with Crippen molar-refractivity contribution >= 4 is 21.4 Å². The van der Waals surface area contributed by atoms with Crippen molar-refractivity contribution in [2.24, 2.45) is 0 Å². The standard InChI is InChI=1S/C20H23NO3S/c1-15-8-9-16(2)19(12-15)21(18-10-11-25(23,24)14-18)20(22)13-17-6-4-3-5-7-17/h3-9,12,18H,10-11,13-14H2,1-2H3. The molecule has 0 bridgehead atoms. The molecule has 0 aliphatic carbocycles. The monoisotopic (exact) mass is 357 g/mol. The number of sulfone groups is 1. The fraction of sp³-hybridized carbons (Fsp3) is 0.350. The van der Waals surface area contributed by atoms with Crippen LogP contribution in [0.5, 0.6) is 0 Å². The Morgan fingerprint density at radius 1 is 1.12 bits per heavy atom. The van der Waals surface area contributed by atoms with Crippen LogP contribution < -0.4 is 4.90 Å². The van der Waals surface area contributed by atoms with Gasteiger partial charge in [0.25, 0.3) is 0 Å². The molecule has 25 heavy (non-hydrogen) atoms. The minimum Gasteiger partial charge on any atom is -0.308 e. The van der Waals surface area contributed by atoms with E-state index >= 15 is 0 Å². The molecule has 0 saturated carbocycles. The summed E-state index contributed by atoms with van der Waals surface area (Å²) in [6.45, 7) is 3.94. The smallest absolute Gasteiger partial charge is 0.231 e. The van der Waals surface area contributed by atoms with Gasteiger partial charge in [-0.05, 0) is 43.0 Å². The number of aryl methyl sites for hydroxylation is 2. The Hall–Kier alpha value is -2.14. The van der Waals surface area contributed by atoms with E-state index < -0.39 is 9.84 Å². The molecule has 1 fully saturated rings. The van der Waals surface area contributed by atoms with Gasteiger partial charge in [0.2, 0.25) is 5.91 Å². The first-order valence-electron chi connectivity index (χ1n) is 8.49. The molecule has 1 aliphatic rings.